The summed E-state index contributed by atoms with van der Waals surface area (Å²) < 4.78 is 94.0. The number of hydrogen-bond acceptors (Lipinski definition) is 7. The third kappa shape index (κ3) is 4.22. The molecule has 0 aromatic carbocycles. The molecule has 1 aliphatic carbocycles. The lowest BCUT2D eigenvalue weighted by molar-refractivity contribution is -0.291. The first-order valence-electron chi connectivity index (χ1n) is 11.2. The van der Waals surface area contributed by atoms with Crippen LogP contribution in [0.3, 0.4) is 0 Å². The van der Waals surface area contributed by atoms with E-state index >= 15 is 0 Å². The smallest absolute Gasteiger partial charge is 0.309 e. The highest BCUT2D eigenvalue weighted by Crippen LogP contribution is 2.46. The Morgan fingerprint density at radius 3 is 2.30 bits per heavy atom. The Morgan fingerprint density at radius 2 is 1.70 bits per heavy atom. The first-order valence-corrected chi connectivity index (χ1v) is 12.8. The van der Waals surface area contributed by atoms with Crippen molar-refractivity contribution < 1.29 is 30.4 Å². The number of halogens is 5. The van der Waals surface area contributed by atoms with Crippen LogP contribution in [0.2, 0.25) is 0 Å². The minimum atomic E-state index is -5.88. The van der Waals surface area contributed by atoms with Crippen LogP contribution in [-0.2, 0) is 22.8 Å². The molecular formula is C23H19F5N6O2S. The zero-order valence-electron chi connectivity index (χ0n) is 19.5. The van der Waals surface area contributed by atoms with Crippen molar-refractivity contribution in [3.05, 3.63) is 48.0 Å². The highest BCUT2D eigenvalue weighted by atomic mass is 32.2. The van der Waals surface area contributed by atoms with Crippen LogP contribution < -0.4 is 0 Å². The summed E-state index contributed by atoms with van der Waals surface area (Å²) >= 11 is 0. The van der Waals surface area contributed by atoms with Crippen LogP contribution in [0.15, 0.2) is 41.6 Å². The van der Waals surface area contributed by atoms with Crippen molar-refractivity contribution >= 4 is 21.0 Å². The molecule has 0 atom stereocenters. The van der Waals surface area contributed by atoms with E-state index in [2.05, 4.69) is 20.2 Å². The van der Waals surface area contributed by atoms with E-state index in [1.54, 1.807) is 24.5 Å². The molecule has 37 heavy (non-hydrogen) atoms. The minimum Gasteiger partial charge on any atom is -0.309 e. The van der Waals surface area contributed by atoms with Gasteiger partial charge in [0.15, 0.2) is 21.3 Å². The van der Waals surface area contributed by atoms with Crippen LogP contribution in [0.1, 0.15) is 37.1 Å². The predicted molar refractivity (Wildman–Crippen MR) is 122 cm³/mol. The standard InChI is InChI=1S/C23H19F5N6O2S/c1-3-37(35,36)16-10-14(12-6-8-29-9-7-12)18(13-4-5-13)31-19(16)21-30-15-11-17(22(24,25)23(26,27)28)32-33-20(15)34(21)2/h6-11,13H,3-5H2,1-2H3. The Kier molecular flexibility index (Phi) is 5.77. The summed E-state index contributed by atoms with van der Waals surface area (Å²) in [7, 11) is -2.44. The Morgan fingerprint density at radius 1 is 1.03 bits per heavy atom. The molecule has 14 heteroatoms. The monoisotopic (exact) mass is 538 g/mol. The maximum atomic E-state index is 13.9. The third-order valence-corrected chi connectivity index (χ3v) is 7.94. The molecule has 0 radical (unpaired) electrons. The van der Waals surface area contributed by atoms with Gasteiger partial charge < -0.3 is 4.57 Å². The Balaban J connectivity index is 1.76. The Labute approximate surface area is 207 Å². The molecule has 1 saturated carbocycles. The topological polar surface area (TPSA) is 104 Å². The highest BCUT2D eigenvalue weighted by molar-refractivity contribution is 7.91. The predicted octanol–water partition coefficient (Wildman–Crippen LogP) is 4.81. The number of aromatic nitrogens is 6. The highest BCUT2D eigenvalue weighted by Gasteiger charge is 2.60. The molecule has 194 valence electrons. The molecule has 4 aromatic heterocycles. The number of hydrogen-bond donors (Lipinski definition) is 0. The van der Waals surface area contributed by atoms with Crippen molar-refractivity contribution in [2.45, 2.75) is 42.7 Å². The number of fused-ring (bicyclic) bond motifs is 1. The number of aryl methyl sites for hydroxylation is 1. The normalized spacial score (nSPS) is 14.9. The molecule has 1 aliphatic rings. The first-order chi connectivity index (χ1) is 17.3. The average Bonchev–Trinajstić information content (AvgIpc) is 3.66. The summed E-state index contributed by atoms with van der Waals surface area (Å²) in [5.74, 6) is -5.48. The van der Waals surface area contributed by atoms with Gasteiger partial charge >= 0.3 is 12.1 Å². The van der Waals surface area contributed by atoms with Gasteiger partial charge in [0, 0.05) is 30.9 Å². The van der Waals surface area contributed by atoms with Gasteiger partial charge in [-0.1, -0.05) is 6.92 Å². The summed E-state index contributed by atoms with van der Waals surface area (Å²) in [4.78, 5) is 12.8. The van der Waals surface area contributed by atoms with Crippen LogP contribution in [0, 0.1) is 0 Å². The fraction of sp³-hybridized carbons (Fsp3) is 0.348. The van der Waals surface area contributed by atoms with Gasteiger partial charge in [0.1, 0.15) is 16.9 Å². The fourth-order valence-electron chi connectivity index (χ4n) is 3.99. The molecule has 1 fully saturated rings. The van der Waals surface area contributed by atoms with E-state index in [4.69, 9.17) is 4.98 Å². The van der Waals surface area contributed by atoms with Gasteiger partial charge in [-0.05, 0) is 42.7 Å². The zero-order chi connectivity index (χ0) is 26.8. The number of imidazole rings is 1. The van der Waals surface area contributed by atoms with Crippen molar-refractivity contribution in [1.82, 2.24) is 29.7 Å². The van der Waals surface area contributed by atoms with Crippen LogP contribution in [0.4, 0.5) is 22.0 Å². The molecule has 0 saturated heterocycles. The van der Waals surface area contributed by atoms with Gasteiger partial charge in [-0.3, -0.25) is 4.98 Å². The van der Waals surface area contributed by atoms with E-state index in [1.807, 2.05) is 0 Å². The Bertz CT molecular complexity index is 1620. The lowest BCUT2D eigenvalue weighted by Crippen LogP contribution is -2.34. The van der Waals surface area contributed by atoms with Crippen molar-refractivity contribution in [2.24, 2.45) is 7.05 Å². The van der Waals surface area contributed by atoms with Crippen molar-refractivity contribution in [1.29, 1.82) is 0 Å². The summed E-state index contributed by atoms with van der Waals surface area (Å²) in [5.41, 5.74) is -0.0865. The molecule has 8 nitrogen and oxygen atoms in total. The maximum absolute atomic E-state index is 13.9. The summed E-state index contributed by atoms with van der Waals surface area (Å²) in [6.07, 6.45) is -1.04. The van der Waals surface area contributed by atoms with E-state index in [9.17, 15) is 30.4 Å². The molecule has 0 spiro atoms. The first kappa shape index (κ1) is 25.1. The quantitative estimate of drug-likeness (QED) is 0.325. The molecule has 0 unspecified atom stereocenters. The van der Waals surface area contributed by atoms with Crippen LogP contribution >= 0.6 is 0 Å². The molecule has 0 aliphatic heterocycles. The van der Waals surface area contributed by atoms with E-state index in [1.165, 1.54) is 24.6 Å². The molecule has 0 amide bonds. The van der Waals surface area contributed by atoms with Gasteiger partial charge in [-0.25, -0.2) is 18.4 Å². The number of sulfone groups is 1. The summed E-state index contributed by atoms with van der Waals surface area (Å²) in [6.45, 7) is 1.46. The number of alkyl halides is 5. The van der Waals surface area contributed by atoms with E-state index in [-0.39, 0.29) is 39.2 Å². The molecule has 4 heterocycles. The number of nitrogens with zero attached hydrogens (tertiary/aromatic N) is 6. The maximum Gasteiger partial charge on any atom is 0.459 e. The second-order valence-corrected chi connectivity index (χ2v) is 10.9. The second kappa shape index (κ2) is 8.50. The van der Waals surface area contributed by atoms with E-state index < -0.39 is 27.6 Å². The van der Waals surface area contributed by atoms with E-state index in [0.717, 1.165) is 18.4 Å². The second-order valence-electron chi connectivity index (χ2n) is 8.69. The zero-order valence-corrected chi connectivity index (χ0v) is 20.3. The largest absolute Gasteiger partial charge is 0.459 e. The van der Waals surface area contributed by atoms with Gasteiger partial charge in [-0.15, -0.1) is 10.2 Å². The Hall–Kier alpha value is -3.55. The summed E-state index contributed by atoms with van der Waals surface area (Å²) in [6, 6.07) is 5.48. The van der Waals surface area contributed by atoms with Crippen LogP contribution in [0.25, 0.3) is 33.8 Å². The van der Waals surface area contributed by atoms with Gasteiger partial charge in [0.2, 0.25) is 0 Å². The fourth-order valence-corrected chi connectivity index (χ4v) is 5.03. The SMILES string of the molecule is CCS(=O)(=O)c1cc(-c2ccncc2)c(C2CC2)nc1-c1nc2cc(C(F)(F)C(F)(F)F)nnc2n1C. The van der Waals surface area contributed by atoms with Crippen LogP contribution in [0.5, 0.6) is 0 Å². The average molecular weight is 539 g/mol. The lowest BCUT2D eigenvalue weighted by Gasteiger charge is -2.17. The van der Waals surface area contributed by atoms with Gasteiger partial charge in [0.25, 0.3) is 0 Å². The molecule has 0 bridgehead atoms. The molecular weight excluding hydrogens is 519 g/mol. The summed E-state index contributed by atoms with van der Waals surface area (Å²) in [5, 5.41) is 6.62. The third-order valence-electron chi connectivity index (χ3n) is 6.19. The minimum absolute atomic E-state index is 0.0359. The van der Waals surface area contributed by atoms with Crippen molar-refractivity contribution in [3.8, 4) is 22.6 Å². The van der Waals surface area contributed by atoms with Gasteiger partial charge in [-0.2, -0.15) is 22.0 Å². The molecule has 4 aromatic rings. The van der Waals surface area contributed by atoms with Crippen molar-refractivity contribution in [3.63, 3.8) is 0 Å². The van der Waals surface area contributed by atoms with Crippen LogP contribution in [-0.4, -0.2) is 50.1 Å². The van der Waals surface area contributed by atoms with Crippen molar-refractivity contribution in [2.75, 3.05) is 5.75 Å². The molecule has 0 N–H and O–H groups in total. The van der Waals surface area contributed by atoms with E-state index in [0.29, 0.717) is 17.3 Å². The van der Waals surface area contributed by atoms with Gasteiger partial charge in [0.05, 0.1) is 16.3 Å². The number of rotatable bonds is 6. The lowest BCUT2D eigenvalue weighted by atomic mass is 10.0. The number of pyridine rings is 2. The molecule has 5 rings (SSSR count).